The summed E-state index contributed by atoms with van der Waals surface area (Å²) in [7, 11) is 0. The van der Waals surface area contributed by atoms with Gasteiger partial charge in [-0.05, 0) is 65.7 Å². The van der Waals surface area contributed by atoms with E-state index in [4.69, 9.17) is 4.42 Å². The Hall–Kier alpha value is -5.32. The van der Waals surface area contributed by atoms with E-state index in [1.54, 1.807) is 0 Å². The smallest absolute Gasteiger partial charge is 0.213 e. The molecule has 0 fully saturated rings. The number of aromatic nitrogens is 1. The molecule has 0 amide bonds. The molecule has 0 unspecified atom stereocenters. The molecule has 0 atom stereocenters. The second kappa shape index (κ2) is 9.10. The predicted octanol–water partition coefficient (Wildman–Crippen LogP) is 11.3. The third-order valence-electron chi connectivity index (χ3n) is 8.20. The summed E-state index contributed by atoms with van der Waals surface area (Å²) in [5, 5.41) is 9.76. The van der Waals surface area contributed by atoms with E-state index in [2.05, 4.69) is 131 Å². The van der Waals surface area contributed by atoms with Gasteiger partial charge in [-0.15, -0.1) is 11.3 Å². The van der Waals surface area contributed by atoms with Crippen molar-refractivity contribution in [2.75, 3.05) is 5.32 Å². The van der Waals surface area contributed by atoms with Crippen molar-refractivity contribution in [1.82, 2.24) is 4.57 Å². The second-order valence-electron chi connectivity index (χ2n) is 10.7. The summed E-state index contributed by atoms with van der Waals surface area (Å²) in [4.78, 5) is 0. The van der Waals surface area contributed by atoms with Crippen LogP contribution < -0.4 is 5.32 Å². The number of furan rings is 1. The summed E-state index contributed by atoms with van der Waals surface area (Å²) in [5.74, 6) is 0. The molecule has 1 N–H and O–H groups in total. The van der Waals surface area contributed by atoms with Crippen molar-refractivity contribution in [2.24, 2.45) is 0 Å². The van der Waals surface area contributed by atoms with E-state index >= 15 is 0 Å². The van der Waals surface area contributed by atoms with E-state index in [1.165, 1.54) is 36.7 Å². The van der Waals surface area contributed by atoms with Crippen molar-refractivity contribution in [3.8, 4) is 16.8 Å². The summed E-state index contributed by atoms with van der Waals surface area (Å²) >= 11 is 1.84. The third kappa shape index (κ3) is 3.52. The fraction of sp³-hybridized carbons (Fsp3) is 0. The molecule has 0 spiro atoms. The summed E-state index contributed by atoms with van der Waals surface area (Å²) in [6, 6.07) is 49.4. The molecule has 198 valence electrons. The highest BCUT2D eigenvalue weighted by molar-refractivity contribution is 7.26. The Balaban J connectivity index is 1.13. The van der Waals surface area contributed by atoms with Crippen LogP contribution in [0.1, 0.15) is 0 Å². The lowest BCUT2D eigenvalue weighted by Crippen LogP contribution is -1.92. The van der Waals surface area contributed by atoms with Crippen LogP contribution in [0, 0.1) is 0 Å². The molecule has 0 saturated heterocycles. The zero-order valence-corrected chi connectivity index (χ0v) is 23.4. The Kier molecular flexibility index (Phi) is 5.07. The number of nitrogens with one attached hydrogen (secondary N) is 1. The second-order valence-corrected chi connectivity index (χ2v) is 11.7. The Morgan fingerprint density at radius 1 is 0.571 bits per heavy atom. The van der Waals surface area contributed by atoms with Crippen LogP contribution in [0.2, 0.25) is 0 Å². The number of hydrogen-bond donors (Lipinski definition) is 1. The fourth-order valence-electron chi connectivity index (χ4n) is 6.25. The minimum atomic E-state index is 0.879. The zero-order chi connectivity index (χ0) is 27.6. The third-order valence-corrected chi connectivity index (χ3v) is 9.42. The van der Waals surface area contributed by atoms with Crippen molar-refractivity contribution >= 4 is 75.9 Å². The maximum atomic E-state index is 6.45. The van der Waals surface area contributed by atoms with Gasteiger partial charge in [0.2, 0.25) is 5.71 Å². The highest BCUT2D eigenvalue weighted by atomic mass is 32.1. The van der Waals surface area contributed by atoms with Gasteiger partial charge in [0, 0.05) is 37.6 Å². The van der Waals surface area contributed by atoms with Crippen LogP contribution in [0.5, 0.6) is 0 Å². The Bertz CT molecular complexity index is 2430. The van der Waals surface area contributed by atoms with Gasteiger partial charge in [0.25, 0.3) is 0 Å². The molecule has 3 heterocycles. The van der Waals surface area contributed by atoms with Crippen molar-refractivity contribution in [3.05, 3.63) is 140 Å². The Morgan fingerprint density at radius 2 is 1.31 bits per heavy atom. The number of nitrogens with zero attached hydrogens (tertiary/aromatic N) is 1. The first-order valence-corrected chi connectivity index (χ1v) is 14.9. The Labute approximate surface area is 245 Å². The number of thiophene rings is 1. The molecule has 0 aliphatic rings. The number of benzene rings is 6. The van der Waals surface area contributed by atoms with E-state index in [9.17, 15) is 0 Å². The largest absolute Gasteiger partial charge is 0.439 e. The molecule has 4 heteroatoms. The number of anilines is 2. The van der Waals surface area contributed by atoms with Crippen LogP contribution in [0.3, 0.4) is 0 Å². The molecule has 0 bridgehead atoms. The molecule has 9 aromatic rings. The normalized spacial score (nSPS) is 11.8. The SMILES string of the molecule is c1ccc(-n2c3ccc(-c4ccc(Nc5cccc6c5sc5ccccc56)cc4)cc3c3c4ccccc4oc32)cc1. The fourth-order valence-corrected chi connectivity index (χ4v) is 7.42. The van der Waals surface area contributed by atoms with Gasteiger partial charge in [-0.2, -0.15) is 0 Å². The van der Waals surface area contributed by atoms with E-state index in [1.807, 2.05) is 29.5 Å². The van der Waals surface area contributed by atoms with Crippen molar-refractivity contribution in [1.29, 1.82) is 0 Å². The number of rotatable bonds is 4. The summed E-state index contributed by atoms with van der Waals surface area (Å²) in [6.45, 7) is 0. The van der Waals surface area contributed by atoms with Gasteiger partial charge >= 0.3 is 0 Å². The van der Waals surface area contributed by atoms with E-state index in [0.29, 0.717) is 0 Å². The van der Waals surface area contributed by atoms with Gasteiger partial charge < -0.3 is 9.73 Å². The average Bonchev–Trinajstić information content (AvgIpc) is 3.71. The molecule has 0 saturated carbocycles. The molecule has 3 aromatic heterocycles. The lowest BCUT2D eigenvalue weighted by molar-refractivity contribution is 0.645. The molecular weight excluding hydrogens is 532 g/mol. The van der Waals surface area contributed by atoms with Crippen LogP contribution >= 0.6 is 11.3 Å². The highest BCUT2D eigenvalue weighted by Crippen LogP contribution is 2.41. The summed E-state index contributed by atoms with van der Waals surface area (Å²) < 4.78 is 11.3. The molecule has 3 nitrogen and oxygen atoms in total. The highest BCUT2D eigenvalue weighted by Gasteiger charge is 2.19. The number of hydrogen-bond acceptors (Lipinski definition) is 3. The first kappa shape index (κ1) is 23.4. The maximum Gasteiger partial charge on any atom is 0.213 e. The Morgan fingerprint density at radius 3 is 2.19 bits per heavy atom. The van der Waals surface area contributed by atoms with Crippen molar-refractivity contribution < 1.29 is 4.42 Å². The minimum absolute atomic E-state index is 0.879. The van der Waals surface area contributed by atoms with E-state index in [0.717, 1.165) is 44.6 Å². The lowest BCUT2D eigenvalue weighted by Gasteiger charge is -2.10. The van der Waals surface area contributed by atoms with Crippen LogP contribution in [-0.4, -0.2) is 4.57 Å². The number of fused-ring (bicyclic) bond motifs is 8. The molecule has 6 aromatic carbocycles. The topological polar surface area (TPSA) is 30.1 Å². The zero-order valence-electron chi connectivity index (χ0n) is 22.5. The van der Waals surface area contributed by atoms with E-state index in [-0.39, 0.29) is 0 Å². The first-order chi connectivity index (χ1) is 20.8. The van der Waals surface area contributed by atoms with Gasteiger partial charge in [0.15, 0.2) is 0 Å². The van der Waals surface area contributed by atoms with Crippen LogP contribution in [-0.2, 0) is 0 Å². The van der Waals surface area contributed by atoms with Crippen molar-refractivity contribution in [2.45, 2.75) is 0 Å². The quantitative estimate of drug-likeness (QED) is 0.234. The minimum Gasteiger partial charge on any atom is -0.439 e. The van der Waals surface area contributed by atoms with Gasteiger partial charge in [-0.1, -0.05) is 84.9 Å². The first-order valence-electron chi connectivity index (χ1n) is 14.1. The predicted molar refractivity (Wildman–Crippen MR) is 179 cm³/mol. The van der Waals surface area contributed by atoms with Gasteiger partial charge in [0.1, 0.15) is 5.58 Å². The average molecular weight is 557 g/mol. The standard InChI is InChI=1S/C38H24N2OS/c1-2-9-27(10-3-1)40-33-22-19-25(23-31(33)36-30-12-4-6-15-34(30)41-38(36)40)24-17-20-26(21-18-24)39-32-14-8-13-29-28-11-5-7-16-35(28)42-37(29)32/h1-23,39H. The summed E-state index contributed by atoms with van der Waals surface area (Å²) in [5.41, 5.74) is 8.58. The summed E-state index contributed by atoms with van der Waals surface area (Å²) in [6.07, 6.45) is 0. The number of para-hydroxylation sites is 2. The molecular formula is C38H24N2OS. The van der Waals surface area contributed by atoms with Gasteiger partial charge in [-0.25, -0.2) is 0 Å². The van der Waals surface area contributed by atoms with E-state index < -0.39 is 0 Å². The van der Waals surface area contributed by atoms with Gasteiger partial charge in [0.05, 0.1) is 21.3 Å². The molecule has 0 radical (unpaired) electrons. The maximum absolute atomic E-state index is 6.45. The van der Waals surface area contributed by atoms with Crippen molar-refractivity contribution in [3.63, 3.8) is 0 Å². The molecule has 9 rings (SSSR count). The van der Waals surface area contributed by atoms with Crippen LogP contribution in [0.4, 0.5) is 11.4 Å². The molecule has 0 aliphatic heterocycles. The van der Waals surface area contributed by atoms with Crippen LogP contribution in [0.15, 0.2) is 144 Å². The molecule has 0 aliphatic carbocycles. The van der Waals surface area contributed by atoms with Gasteiger partial charge in [-0.3, -0.25) is 4.57 Å². The monoisotopic (exact) mass is 556 g/mol. The lowest BCUT2D eigenvalue weighted by atomic mass is 10.0. The molecule has 42 heavy (non-hydrogen) atoms. The van der Waals surface area contributed by atoms with Crippen LogP contribution in [0.25, 0.3) is 70.0 Å².